The number of nitrogens with zero attached hydrogens (tertiary/aromatic N) is 1. The van der Waals surface area contributed by atoms with Gasteiger partial charge in [-0.15, -0.1) is 0 Å². The van der Waals surface area contributed by atoms with E-state index in [1.807, 2.05) is 0 Å². The van der Waals surface area contributed by atoms with Crippen molar-refractivity contribution >= 4 is 11.7 Å². The molecule has 1 aromatic carbocycles. The lowest BCUT2D eigenvalue weighted by atomic mass is 9.88. The number of hydrogen-bond acceptors (Lipinski definition) is 3. The topological polar surface area (TPSA) is 74.3 Å². The van der Waals surface area contributed by atoms with Gasteiger partial charge in [0, 0.05) is 23.7 Å². The Bertz CT molecular complexity index is 957. The van der Waals surface area contributed by atoms with Gasteiger partial charge in [-0.25, -0.2) is 0 Å². The summed E-state index contributed by atoms with van der Waals surface area (Å²) in [5, 5.41) is 2.73. The van der Waals surface area contributed by atoms with E-state index in [0.717, 1.165) is 49.9 Å². The van der Waals surface area contributed by atoms with E-state index < -0.39 is 17.6 Å². The van der Waals surface area contributed by atoms with Gasteiger partial charge in [-0.3, -0.25) is 14.6 Å². The summed E-state index contributed by atoms with van der Waals surface area (Å²) in [6.45, 7) is 2.20. The summed E-state index contributed by atoms with van der Waals surface area (Å²) in [5.74, 6) is 0.498. The van der Waals surface area contributed by atoms with Gasteiger partial charge in [-0.05, 0) is 61.9 Å². The zero-order valence-corrected chi connectivity index (χ0v) is 16.6. The molecule has 8 heteroatoms. The number of halogens is 3. The van der Waals surface area contributed by atoms with Gasteiger partial charge in [-0.2, -0.15) is 13.2 Å². The standard InChI is InChI=1S/C22H24F3N3O2/c1-14-5-11-17(12-6-14)26-19(13-18-3-2-4-20(29)27-18)28-21(30)15-7-9-16(10-8-15)22(23,24)25/h2-4,7-10,14,17H,5-6,11-13H2,1H3,(H,27,29)(H,26,28,30). The lowest BCUT2D eigenvalue weighted by Gasteiger charge is -2.24. The zero-order valence-electron chi connectivity index (χ0n) is 16.6. The first kappa shape index (κ1) is 21.8. The van der Waals surface area contributed by atoms with Crippen LogP contribution in [0.15, 0.2) is 52.3 Å². The largest absolute Gasteiger partial charge is 0.416 e. The number of aromatic amines is 1. The fourth-order valence-electron chi connectivity index (χ4n) is 3.50. The van der Waals surface area contributed by atoms with Crippen LogP contribution < -0.4 is 10.9 Å². The monoisotopic (exact) mass is 419 g/mol. The summed E-state index contributed by atoms with van der Waals surface area (Å²) in [4.78, 5) is 31.6. The molecule has 3 rings (SSSR count). The minimum absolute atomic E-state index is 0.0690. The lowest BCUT2D eigenvalue weighted by Crippen LogP contribution is -2.34. The highest BCUT2D eigenvalue weighted by atomic mass is 19.4. The molecule has 1 aliphatic carbocycles. The highest BCUT2D eigenvalue weighted by molar-refractivity contribution is 6.06. The van der Waals surface area contributed by atoms with Gasteiger partial charge >= 0.3 is 6.18 Å². The van der Waals surface area contributed by atoms with E-state index in [1.165, 1.54) is 6.07 Å². The molecule has 1 aromatic heterocycles. The zero-order chi connectivity index (χ0) is 21.7. The van der Waals surface area contributed by atoms with Crippen LogP contribution in [-0.2, 0) is 12.6 Å². The Morgan fingerprint density at radius 3 is 2.37 bits per heavy atom. The van der Waals surface area contributed by atoms with Crippen LogP contribution in [0.4, 0.5) is 13.2 Å². The number of pyridine rings is 1. The van der Waals surface area contributed by atoms with Crippen LogP contribution in [0.5, 0.6) is 0 Å². The fraction of sp³-hybridized carbons (Fsp3) is 0.409. The van der Waals surface area contributed by atoms with Gasteiger partial charge in [0.05, 0.1) is 11.6 Å². The van der Waals surface area contributed by atoms with Crippen LogP contribution in [0.2, 0.25) is 0 Å². The Hall–Kier alpha value is -2.90. The SMILES string of the molecule is CC1CCC(N=C(Cc2cccc(=O)[nH]2)NC(=O)c2ccc(C(F)(F)F)cc2)CC1. The van der Waals surface area contributed by atoms with Crippen molar-refractivity contribution in [3.05, 3.63) is 69.6 Å². The molecule has 1 saturated carbocycles. The molecule has 1 aliphatic rings. The first-order chi connectivity index (χ1) is 14.2. The van der Waals surface area contributed by atoms with E-state index in [1.54, 1.807) is 12.1 Å². The van der Waals surface area contributed by atoms with E-state index in [4.69, 9.17) is 4.99 Å². The quantitative estimate of drug-likeness (QED) is 0.571. The molecular weight excluding hydrogens is 395 g/mol. The average Bonchev–Trinajstić information content (AvgIpc) is 2.69. The Kier molecular flexibility index (Phi) is 6.74. The number of H-pyrrole nitrogens is 1. The Morgan fingerprint density at radius 1 is 1.10 bits per heavy atom. The van der Waals surface area contributed by atoms with Crippen LogP contribution in [0.3, 0.4) is 0 Å². The number of alkyl halides is 3. The van der Waals surface area contributed by atoms with Crippen molar-refractivity contribution in [3.8, 4) is 0 Å². The molecule has 30 heavy (non-hydrogen) atoms. The van der Waals surface area contributed by atoms with Gasteiger partial charge < -0.3 is 10.3 Å². The first-order valence-electron chi connectivity index (χ1n) is 9.94. The maximum Gasteiger partial charge on any atom is 0.416 e. The minimum Gasteiger partial charge on any atom is -0.326 e. The lowest BCUT2D eigenvalue weighted by molar-refractivity contribution is -0.137. The predicted molar refractivity (Wildman–Crippen MR) is 109 cm³/mol. The summed E-state index contributed by atoms with van der Waals surface area (Å²) in [6, 6.07) is 8.84. The third kappa shape index (κ3) is 6.05. The van der Waals surface area contributed by atoms with Crippen molar-refractivity contribution in [3.63, 3.8) is 0 Å². The fourth-order valence-corrected chi connectivity index (χ4v) is 3.50. The number of benzene rings is 1. The highest BCUT2D eigenvalue weighted by Gasteiger charge is 2.30. The average molecular weight is 419 g/mol. The maximum absolute atomic E-state index is 12.7. The number of nitrogens with one attached hydrogen (secondary N) is 2. The third-order valence-corrected chi connectivity index (χ3v) is 5.24. The van der Waals surface area contributed by atoms with Crippen LogP contribution in [0.25, 0.3) is 0 Å². The number of carbonyl (C=O) groups is 1. The normalized spacial score (nSPS) is 20.1. The molecule has 2 N–H and O–H groups in total. The summed E-state index contributed by atoms with van der Waals surface area (Å²) in [6.07, 6.45) is -0.321. The molecule has 0 aliphatic heterocycles. The first-order valence-corrected chi connectivity index (χ1v) is 9.94. The minimum atomic E-state index is -4.46. The Balaban J connectivity index is 1.78. The molecule has 1 heterocycles. The number of carbonyl (C=O) groups excluding carboxylic acids is 1. The van der Waals surface area contributed by atoms with Crippen molar-refractivity contribution in [2.45, 2.75) is 51.2 Å². The van der Waals surface area contributed by atoms with E-state index in [0.29, 0.717) is 17.4 Å². The molecule has 1 fully saturated rings. The number of rotatable bonds is 4. The van der Waals surface area contributed by atoms with Crippen LogP contribution in [-0.4, -0.2) is 22.8 Å². The van der Waals surface area contributed by atoms with Gasteiger partial charge in [-0.1, -0.05) is 13.0 Å². The highest BCUT2D eigenvalue weighted by Crippen LogP contribution is 2.29. The predicted octanol–water partition coefficient (Wildman–Crippen LogP) is 4.34. The van der Waals surface area contributed by atoms with Crippen molar-refractivity contribution in [1.29, 1.82) is 0 Å². The molecule has 0 spiro atoms. The molecule has 0 unspecified atom stereocenters. The van der Waals surface area contributed by atoms with E-state index in [9.17, 15) is 22.8 Å². The van der Waals surface area contributed by atoms with Crippen molar-refractivity contribution in [2.24, 2.45) is 10.9 Å². The Morgan fingerprint density at radius 2 is 1.77 bits per heavy atom. The molecule has 1 amide bonds. The van der Waals surface area contributed by atoms with Crippen LogP contribution >= 0.6 is 0 Å². The number of aliphatic imine (C=N–C) groups is 1. The number of hydrogen-bond donors (Lipinski definition) is 2. The van der Waals surface area contributed by atoms with Crippen LogP contribution in [0.1, 0.15) is 54.2 Å². The van der Waals surface area contributed by atoms with E-state index in [-0.39, 0.29) is 23.6 Å². The molecule has 5 nitrogen and oxygen atoms in total. The molecule has 0 atom stereocenters. The van der Waals surface area contributed by atoms with Gasteiger partial charge in [0.1, 0.15) is 5.84 Å². The molecule has 0 bridgehead atoms. The van der Waals surface area contributed by atoms with E-state index >= 15 is 0 Å². The molecular formula is C22H24F3N3O2. The molecule has 0 radical (unpaired) electrons. The van der Waals surface area contributed by atoms with Crippen LogP contribution in [0, 0.1) is 5.92 Å². The van der Waals surface area contributed by atoms with Gasteiger partial charge in [0.15, 0.2) is 0 Å². The summed E-state index contributed by atoms with van der Waals surface area (Å²) in [5.41, 5.74) is -0.369. The van der Waals surface area contributed by atoms with Crippen molar-refractivity contribution < 1.29 is 18.0 Å². The Labute approximate surface area is 172 Å². The summed E-state index contributed by atoms with van der Waals surface area (Å²) >= 11 is 0. The van der Waals surface area contributed by atoms with Gasteiger partial charge in [0.2, 0.25) is 5.56 Å². The molecule has 160 valence electrons. The number of aromatic nitrogens is 1. The summed E-state index contributed by atoms with van der Waals surface area (Å²) in [7, 11) is 0. The van der Waals surface area contributed by atoms with Crippen molar-refractivity contribution in [1.82, 2.24) is 10.3 Å². The second-order valence-corrected chi connectivity index (χ2v) is 7.74. The number of amides is 1. The van der Waals surface area contributed by atoms with E-state index in [2.05, 4.69) is 17.2 Å². The van der Waals surface area contributed by atoms with Gasteiger partial charge in [0.25, 0.3) is 5.91 Å². The summed E-state index contributed by atoms with van der Waals surface area (Å²) < 4.78 is 38.2. The second-order valence-electron chi connectivity index (χ2n) is 7.74. The molecule has 2 aromatic rings. The van der Waals surface area contributed by atoms with Crippen molar-refractivity contribution in [2.75, 3.05) is 0 Å². The molecule has 0 saturated heterocycles. The maximum atomic E-state index is 12.7. The second kappa shape index (κ2) is 9.28. The third-order valence-electron chi connectivity index (χ3n) is 5.24. The smallest absolute Gasteiger partial charge is 0.326 e. The number of amidine groups is 1.